The molecule has 0 aromatic heterocycles. The fourth-order valence-electron chi connectivity index (χ4n) is 2.03. The van der Waals surface area contributed by atoms with E-state index in [-0.39, 0.29) is 0 Å². The van der Waals surface area contributed by atoms with Gasteiger partial charge in [-0.15, -0.1) is 0 Å². The fraction of sp³-hybridized carbons (Fsp3) is 0.636. The first-order chi connectivity index (χ1) is 6.77. The molecule has 0 saturated carbocycles. The summed E-state index contributed by atoms with van der Waals surface area (Å²) in [6.07, 6.45) is 8.42. The second-order valence-electron chi connectivity index (χ2n) is 4.05. The van der Waals surface area contributed by atoms with Crippen LogP contribution in [0.3, 0.4) is 0 Å². The number of nitrogens with one attached hydrogen (secondary N) is 1. The van der Waals surface area contributed by atoms with Crippen LogP contribution in [0.4, 0.5) is 0 Å². The van der Waals surface area contributed by atoms with Gasteiger partial charge in [-0.25, -0.2) is 0 Å². The van der Waals surface area contributed by atoms with Crippen molar-refractivity contribution in [1.29, 1.82) is 0 Å². The second kappa shape index (κ2) is 4.39. The molecule has 1 atom stereocenters. The number of likely N-dealkylation sites (tertiary alicyclic amines) is 1. The lowest BCUT2D eigenvalue weighted by molar-refractivity contribution is 0.289. The lowest BCUT2D eigenvalue weighted by Gasteiger charge is -2.33. The fourth-order valence-corrected chi connectivity index (χ4v) is 2.55. The zero-order valence-electron chi connectivity index (χ0n) is 8.59. The number of dihydropyridines is 1. The zero-order chi connectivity index (χ0) is 9.97. The minimum atomic E-state index is 0.452. The van der Waals surface area contributed by atoms with Gasteiger partial charge in [0.25, 0.3) is 0 Å². The summed E-state index contributed by atoms with van der Waals surface area (Å²) < 4.78 is 1.19. The average molecular weight is 257 g/mol. The van der Waals surface area contributed by atoms with E-state index in [1.54, 1.807) is 0 Å². The minimum absolute atomic E-state index is 0.452. The Bertz CT molecular complexity index is 264. The van der Waals surface area contributed by atoms with Gasteiger partial charge >= 0.3 is 0 Å². The monoisotopic (exact) mass is 256 g/mol. The first kappa shape index (κ1) is 10.1. The van der Waals surface area contributed by atoms with E-state index in [0.29, 0.717) is 6.04 Å². The topological polar surface area (TPSA) is 15.3 Å². The molecule has 1 N–H and O–H groups in total. The summed E-state index contributed by atoms with van der Waals surface area (Å²) in [6.45, 7) is 4.60. The molecular weight excluding hydrogens is 240 g/mol. The molecule has 78 valence electrons. The molecule has 1 unspecified atom stereocenters. The van der Waals surface area contributed by atoms with Gasteiger partial charge in [0.2, 0.25) is 0 Å². The molecule has 0 spiro atoms. The van der Waals surface area contributed by atoms with Crippen molar-refractivity contribution in [3.63, 3.8) is 0 Å². The van der Waals surface area contributed by atoms with Gasteiger partial charge < -0.3 is 10.2 Å². The first-order valence-corrected chi connectivity index (χ1v) is 6.15. The normalized spacial score (nSPS) is 27.9. The number of hydrogen-bond acceptors (Lipinski definition) is 2. The molecule has 1 saturated heterocycles. The standard InChI is InChI=1S/C11H17BrN2/c1-9-7-11(10(12)8-13-9)14-5-3-2-4-6-14/h7-9,13H,2-6H2,1H3. The van der Waals surface area contributed by atoms with Crippen LogP contribution in [0.15, 0.2) is 22.5 Å². The Kier molecular flexibility index (Phi) is 3.16. The van der Waals surface area contributed by atoms with Crippen molar-refractivity contribution in [1.82, 2.24) is 10.2 Å². The van der Waals surface area contributed by atoms with Crippen LogP contribution in [0.25, 0.3) is 0 Å². The Morgan fingerprint density at radius 3 is 2.79 bits per heavy atom. The van der Waals surface area contributed by atoms with Gasteiger partial charge in [-0.1, -0.05) is 0 Å². The van der Waals surface area contributed by atoms with Crippen molar-refractivity contribution in [3.05, 3.63) is 22.5 Å². The van der Waals surface area contributed by atoms with E-state index in [4.69, 9.17) is 0 Å². The summed E-state index contributed by atoms with van der Waals surface area (Å²) in [5, 5.41) is 3.29. The summed E-state index contributed by atoms with van der Waals surface area (Å²) in [5.41, 5.74) is 1.37. The zero-order valence-corrected chi connectivity index (χ0v) is 10.2. The number of hydrogen-bond donors (Lipinski definition) is 1. The maximum absolute atomic E-state index is 3.61. The highest BCUT2D eigenvalue weighted by atomic mass is 79.9. The van der Waals surface area contributed by atoms with Gasteiger partial charge in [-0.3, -0.25) is 0 Å². The Labute approximate surface area is 94.2 Å². The Morgan fingerprint density at radius 1 is 1.36 bits per heavy atom. The van der Waals surface area contributed by atoms with Gasteiger partial charge in [-0.05, 0) is 48.2 Å². The summed E-state index contributed by atoms with van der Waals surface area (Å²) in [6, 6.07) is 0.452. The van der Waals surface area contributed by atoms with E-state index in [1.165, 1.54) is 42.5 Å². The molecule has 0 bridgehead atoms. The third kappa shape index (κ3) is 2.14. The molecule has 2 aliphatic rings. The van der Waals surface area contributed by atoms with Gasteiger partial charge in [-0.2, -0.15) is 0 Å². The molecule has 2 heterocycles. The van der Waals surface area contributed by atoms with E-state index in [2.05, 4.69) is 45.3 Å². The van der Waals surface area contributed by atoms with Crippen molar-refractivity contribution in [3.8, 4) is 0 Å². The highest BCUT2D eigenvalue weighted by Gasteiger charge is 2.18. The third-order valence-electron chi connectivity index (χ3n) is 2.82. The Hall–Kier alpha value is -0.440. The summed E-state index contributed by atoms with van der Waals surface area (Å²) >= 11 is 3.61. The van der Waals surface area contributed by atoms with E-state index in [9.17, 15) is 0 Å². The van der Waals surface area contributed by atoms with Crippen LogP contribution < -0.4 is 5.32 Å². The molecule has 3 heteroatoms. The van der Waals surface area contributed by atoms with Crippen molar-refractivity contribution in [2.24, 2.45) is 0 Å². The second-order valence-corrected chi connectivity index (χ2v) is 4.90. The van der Waals surface area contributed by atoms with Crippen LogP contribution in [-0.2, 0) is 0 Å². The number of allylic oxidation sites excluding steroid dienone is 1. The van der Waals surface area contributed by atoms with Crippen LogP contribution in [0, 0.1) is 0 Å². The Morgan fingerprint density at radius 2 is 2.07 bits per heavy atom. The van der Waals surface area contributed by atoms with Crippen LogP contribution in [0.1, 0.15) is 26.2 Å². The highest BCUT2D eigenvalue weighted by Crippen LogP contribution is 2.26. The predicted octanol–water partition coefficient (Wildman–Crippen LogP) is 2.58. The molecule has 0 aromatic carbocycles. The molecule has 2 rings (SSSR count). The van der Waals surface area contributed by atoms with E-state index >= 15 is 0 Å². The predicted molar refractivity (Wildman–Crippen MR) is 63.1 cm³/mol. The lowest BCUT2D eigenvalue weighted by atomic mass is 10.1. The summed E-state index contributed by atoms with van der Waals surface area (Å²) in [4.78, 5) is 2.49. The lowest BCUT2D eigenvalue weighted by Crippen LogP contribution is -2.33. The summed E-state index contributed by atoms with van der Waals surface area (Å²) in [5.74, 6) is 0. The molecular formula is C11H17BrN2. The number of piperidine rings is 1. The van der Waals surface area contributed by atoms with E-state index in [0.717, 1.165) is 0 Å². The molecule has 2 nitrogen and oxygen atoms in total. The van der Waals surface area contributed by atoms with Gasteiger partial charge in [0.15, 0.2) is 0 Å². The molecule has 0 radical (unpaired) electrons. The van der Waals surface area contributed by atoms with Crippen molar-refractivity contribution >= 4 is 15.9 Å². The molecule has 2 aliphatic heterocycles. The molecule has 0 aliphatic carbocycles. The average Bonchev–Trinajstić information content (AvgIpc) is 2.23. The van der Waals surface area contributed by atoms with Crippen molar-refractivity contribution in [2.75, 3.05) is 13.1 Å². The van der Waals surface area contributed by atoms with Gasteiger partial charge in [0.1, 0.15) is 0 Å². The van der Waals surface area contributed by atoms with Crippen LogP contribution in [0.5, 0.6) is 0 Å². The number of halogens is 1. The smallest absolute Gasteiger partial charge is 0.0563 e. The Balaban J connectivity index is 2.10. The SMILES string of the molecule is CC1C=C(N2CCCCC2)C(Br)=CN1. The van der Waals surface area contributed by atoms with Crippen molar-refractivity contribution < 1.29 is 0 Å². The quantitative estimate of drug-likeness (QED) is 0.776. The van der Waals surface area contributed by atoms with Crippen LogP contribution in [-0.4, -0.2) is 24.0 Å². The minimum Gasteiger partial charge on any atom is -0.384 e. The number of rotatable bonds is 1. The first-order valence-electron chi connectivity index (χ1n) is 5.36. The summed E-state index contributed by atoms with van der Waals surface area (Å²) in [7, 11) is 0. The van der Waals surface area contributed by atoms with Gasteiger partial charge in [0, 0.05) is 25.3 Å². The number of nitrogens with zero attached hydrogens (tertiary/aromatic N) is 1. The molecule has 1 fully saturated rings. The van der Waals surface area contributed by atoms with Crippen LogP contribution in [0.2, 0.25) is 0 Å². The maximum atomic E-state index is 3.61. The van der Waals surface area contributed by atoms with Crippen LogP contribution >= 0.6 is 15.9 Å². The third-order valence-corrected chi connectivity index (χ3v) is 3.46. The highest BCUT2D eigenvalue weighted by molar-refractivity contribution is 9.12. The molecule has 0 aromatic rings. The van der Waals surface area contributed by atoms with E-state index in [1.807, 2.05) is 0 Å². The van der Waals surface area contributed by atoms with E-state index < -0.39 is 0 Å². The van der Waals surface area contributed by atoms with Crippen molar-refractivity contribution in [2.45, 2.75) is 32.2 Å². The molecule has 0 amide bonds. The van der Waals surface area contributed by atoms with Gasteiger partial charge in [0.05, 0.1) is 10.2 Å². The maximum Gasteiger partial charge on any atom is 0.0563 e. The molecule has 14 heavy (non-hydrogen) atoms. The largest absolute Gasteiger partial charge is 0.384 e.